The predicted octanol–water partition coefficient (Wildman–Crippen LogP) is 26.5. The predicted molar refractivity (Wildman–Crippen MR) is 442 cm³/mol. The highest BCUT2D eigenvalue weighted by Crippen LogP contribution is 2.65. The summed E-state index contributed by atoms with van der Waals surface area (Å²) in [5, 5.41) is 0. The van der Waals surface area contributed by atoms with Crippen molar-refractivity contribution < 1.29 is 0 Å². The standard InChI is InChI=1S/C104H72N2/c1-3-70-44-46-72(47-45-70)69-102(77-31-13-7-14-32-77)94-40-21-17-36-86(94)90-60-56-82(65-98(90)102)105(80-52-48-75(49-53-80)73-27-9-5-10-28-73)84-58-62-92-88-38-19-23-42-96(88)104(100(92)67-84)97-43-24-20-39-89(97)93-63-59-85(68-101(93)104)106(81-54-50-76(51-55-81)74-29-11-6-12-30-74)83-57-61-91-87-37-18-22-41-95(87)103(99(91)66-83,78-33-15-8-16-34-78)79-35-25-26-71(4-2)64-79/h3-68H,1-2,69H2. The fourth-order valence-corrected chi connectivity index (χ4v) is 18.8. The molecular weight excluding hydrogens is 1280 g/mol. The van der Waals surface area contributed by atoms with Crippen LogP contribution in [0, 0.1) is 0 Å². The molecule has 3 unspecified atom stereocenters. The second kappa shape index (κ2) is 24.9. The summed E-state index contributed by atoms with van der Waals surface area (Å²) >= 11 is 0. The number of rotatable bonds is 15. The van der Waals surface area contributed by atoms with E-state index in [1.165, 1.54) is 122 Å². The molecule has 0 amide bonds. The minimum absolute atomic E-state index is 0.522. The maximum absolute atomic E-state index is 4.28. The average Bonchev–Trinajstić information content (AvgIpc) is 1.51. The van der Waals surface area contributed by atoms with Gasteiger partial charge in [0.1, 0.15) is 0 Å². The molecule has 0 heterocycles. The van der Waals surface area contributed by atoms with E-state index in [4.69, 9.17) is 0 Å². The van der Waals surface area contributed by atoms with Crippen molar-refractivity contribution in [1.29, 1.82) is 0 Å². The summed E-state index contributed by atoms with van der Waals surface area (Å²) in [7, 11) is 0. The second-order valence-electron chi connectivity index (χ2n) is 28.7. The first-order chi connectivity index (χ1) is 52.4. The van der Waals surface area contributed by atoms with Gasteiger partial charge in [-0.05, 0) is 224 Å². The molecular formula is C104H72N2. The molecule has 3 atom stereocenters. The Balaban J connectivity index is 0.807. The van der Waals surface area contributed by atoms with Gasteiger partial charge in [0, 0.05) is 34.1 Å². The van der Waals surface area contributed by atoms with E-state index in [-0.39, 0.29) is 0 Å². The lowest BCUT2D eigenvalue weighted by molar-refractivity contribution is 0.629. The highest BCUT2D eigenvalue weighted by molar-refractivity contribution is 5.99. The third kappa shape index (κ3) is 9.44. The number of benzene rings is 16. The van der Waals surface area contributed by atoms with Crippen molar-refractivity contribution in [2.45, 2.75) is 22.7 Å². The van der Waals surface area contributed by atoms with Crippen LogP contribution in [0.2, 0.25) is 0 Å². The van der Waals surface area contributed by atoms with Crippen LogP contribution in [0.4, 0.5) is 34.1 Å². The third-order valence-electron chi connectivity index (χ3n) is 23.4. The van der Waals surface area contributed by atoms with E-state index in [0.29, 0.717) is 0 Å². The molecule has 16 aromatic rings. The lowest BCUT2D eigenvalue weighted by Gasteiger charge is -2.35. The van der Waals surface area contributed by atoms with Gasteiger partial charge in [-0.3, -0.25) is 0 Å². The molecule has 0 aromatic heterocycles. The molecule has 2 nitrogen and oxygen atoms in total. The summed E-state index contributed by atoms with van der Waals surface area (Å²) in [5.41, 5.74) is 36.3. The Morgan fingerprint density at radius 3 is 1.00 bits per heavy atom. The summed E-state index contributed by atoms with van der Waals surface area (Å²) in [6.45, 7) is 8.40. The van der Waals surface area contributed by atoms with Crippen LogP contribution < -0.4 is 9.80 Å². The summed E-state index contributed by atoms with van der Waals surface area (Å²) < 4.78 is 0. The Hall–Kier alpha value is -13.4. The fourth-order valence-electron chi connectivity index (χ4n) is 18.8. The van der Waals surface area contributed by atoms with Gasteiger partial charge < -0.3 is 9.80 Å². The van der Waals surface area contributed by atoms with Crippen molar-refractivity contribution in [1.82, 2.24) is 0 Å². The molecule has 16 aromatic carbocycles. The van der Waals surface area contributed by atoms with Gasteiger partial charge in [-0.15, -0.1) is 0 Å². The van der Waals surface area contributed by atoms with Crippen LogP contribution >= 0.6 is 0 Å². The van der Waals surface area contributed by atoms with Crippen LogP contribution in [0.15, 0.2) is 401 Å². The van der Waals surface area contributed by atoms with Gasteiger partial charge in [-0.2, -0.15) is 0 Å². The van der Waals surface area contributed by atoms with E-state index in [0.717, 1.165) is 62.8 Å². The van der Waals surface area contributed by atoms with E-state index in [1.807, 2.05) is 12.2 Å². The topological polar surface area (TPSA) is 6.48 Å². The Kier molecular flexibility index (Phi) is 14.7. The van der Waals surface area contributed by atoms with Gasteiger partial charge in [0.05, 0.1) is 16.2 Å². The number of hydrogen-bond donors (Lipinski definition) is 0. The molecule has 4 aliphatic carbocycles. The van der Waals surface area contributed by atoms with Crippen molar-refractivity contribution in [2.75, 3.05) is 9.80 Å². The van der Waals surface area contributed by atoms with E-state index in [1.54, 1.807) is 0 Å². The Labute approximate surface area is 620 Å². The van der Waals surface area contributed by atoms with E-state index in [9.17, 15) is 0 Å². The molecule has 0 saturated carbocycles. The number of nitrogens with zero attached hydrogens (tertiary/aromatic N) is 2. The molecule has 0 saturated heterocycles. The van der Waals surface area contributed by atoms with Crippen LogP contribution in [0.5, 0.6) is 0 Å². The summed E-state index contributed by atoms with van der Waals surface area (Å²) in [5.74, 6) is 0. The highest BCUT2D eigenvalue weighted by Gasteiger charge is 2.53. The van der Waals surface area contributed by atoms with Gasteiger partial charge in [0.25, 0.3) is 0 Å². The lowest BCUT2D eigenvalue weighted by Crippen LogP contribution is -2.30. The zero-order valence-corrected chi connectivity index (χ0v) is 58.6. The van der Waals surface area contributed by atoms with Gasteiger partial charge in [0.15, 0.2) is 0 Å². The van der Waals surface area contributed by atoms with Crippen molar-refractivity contribution in [2.24, 2.45) is 0 Å². The molecule has 498 valence electrons. The van der Waals surface area contributed by atoms with Crippen LogP contribution in [0.3, 0.4) is 0 Å². The minimum Gasteiger partial charge on any atom is -0.310 e. The quantitative estimate of drug-likeness (QED) is 0.101. The van der Waals surface area contributed by atoms with Crippen LogP contribution in [0.1, 0.15) is 77.9 Å². The first-order valence-electron chi connectivity index (χ1n) is 36.9. The molecule has 0 aliphatic heterocycles. The zero-order chi connectivity index (χ0) is 70.5. The maximum atomic E-state index is 4.28. The number of anilines is 6. The average molecular weight is 1350 g/mol. The molecule has 4 aliphatic rings. The van der Waals surface area contributed by atoms with E-state index >= 15 is 0 Å². The Morgan fingerprint density at radius 1 is 0.217 bits per heavy atom. The fraction of sp³-hybridized carbons (Fsp3) is 0.0385. The van der Waals surface area contributed by atoms with Crippen LogP contribution in [0.25, 0.3) is 78.9 Å². The largest absolute Gasteiger partial charge is 0.310 e. The summed E-state index contributed by atoms with van der Waals surface area (Å²) in [4.78, 5) is 5.04. The summed E-state index contributed by atoms with van der Waals surface area (Å²) in [6, 6.07) is 146. The zero-order valence-electron chi connectivity index (χ0n) is 58.6. The molecule has 106 heavy (non-hydrogen) atoms. The molecule has 0 radical (unpaired) electrons. The van der Waals surface area contributed by atoms with Crippen LogP contribution in [-0.2, 0) is 22.7 Å². The first kappa shape index (κ1) is 62.4. The second-order valence-corrected chi connectivity index (χ2v) is 28.7. The van der Waals surface area contributed by atoms with Gasteiger partial charge in [-0.25, -0.2) is 0 Å². The molecule has 2 heteroatoms. The van der Waals surface area contributed by atoms with Crippen molar-refractivity contribution in [3.63, 3.8) is 0 Å². The van der Waals surface area contributed by atoms with Gasteiger partial charge in [0.2, 0.25) is 0 Å². The Bertz CT molecular complexity index is 6120. The van der Waals surface area contributed by atoms with Gasteiger partial charge in [-0.1, -0.05) is 341 Å². The number of fused-ring (bicyclic) bond motifs is 16. The van der Waals surface area contributed by atoms with E-state index < -0.39 is 16.2 Å². The molecule has 0 fully saturated rings. The molecule has 1 spiro atoms. The first-order valence-corrected chi connectivity index (χ1v) is 36.9. The Morgan fingerprint density at radius 2 is 0.547 bits per heavy atom. The van der Waals surface area contributed by atoms with Crippen molar-refractivity contribution >= 4 is 46.3 Å². The SMILES string of the molecule is C=Cc1ccc(CC2(c3ccccc3)c3ccccc3-c3ccc(N(c4ccc(-c5ccccc5)cc4)c4ccc5c(c4)C4(c6ccccc6-5)c5ccccc5-c5ccc(N(c6ccc(-c7ccccc7)cc6)c6ccc7c(c6)C(c6ccccc6)(c6cccc(C=C)c6)c6ccccc6-7)cc54)cc32)cc1. The third-order valence-corrected chi connectivity index (χ3v) is 23.4. The molecule has 20 rings (SSSR count). The van der Waals surface area contributed by atoms with Crippen LogP contribution in [-0.4, -0.2) is 0 Å². The minimum atomic E-state index is -0.739. The lowest BCUT2D eigenvalue weighted by atomic mass is 9.67. The summed E-state index contributed by atoms with van der Waals surface area (Å²) in [6.07, 6.45) is 4.67. The van der Waals surface area contributed by atoms with Crippen molar-refractivity contribution in [3.8, 4) is 66.8 Å². The monoisotopic (exact) mass is 1350 g/mol. The number of hydrogen-bond acceptors (Lipinski definition) is 2. The van der Waals surface area contributed by atoms with E-state index in [2.05, 4.69) is 411 Å². The highest BCUT2D eigenvalue weighted by atomic mass is 15.1. The molecule has 0 bridgehead atoms. The van der Waals surface area contributed by atoms with Crippen molar-refractivity contribution in [3.05, 3.63) is 479 Å². The van der Waals surface area contributed by atoms with Gasteiger partial charge >= 0.3 is 0 Å². The smallest absolute Gasteiger partial charge is 0.0727 e. The maximum Gasteiger partial charge on any atom is 0.0727 e. The molecule has 0 N–H and O–H groups in total. The normalized spacial score (nSPS) is 16.3.